The molecule has 1 heterocycles. The van der Waals surface area contributed by atoms with Crippen LogP contribution in [0.4, 0.5) is 0 Å². The predicted octanol–water partition coefficient (Wildman–Crippen LogP) is 1.13. The van der Waals surface area contributed by atoms with Gasteiger partial charge in [0.15, 0.2) is 9.84 Å². The van der Waals surface area contributed by atoms with Crippen LogP contribution in [0.15, 0.2) is 30.3 Å². The number of hydrogen-bond acceptors (Lipinski definition) is 3. The highest BCUT2D eigenvalue weighted by Gasteiger charge is 2.33. The van der Waals surface area contributed by atoms with E-state index in [2.05, 4.69) is 5.32 Å². The zero-order valence-corrected chi connectivity index (χ0v) is 9.50. The third-order valence-corrected chi connectivity index (χ3v) is 5.12. The van der Waals surface area contributed by atoms with E-state index in [9.17, 15) is 8.42 Å². The minimum Gasteiger partial charge on any atom is -0.308 e. The molecule has 0 amide bonds. The molecule has 82 valence electrons. The van der Waals surface area contributed by atoms with Crippen LogP contribution in [0.1, 0.15) is 18.5 Å². The molecular weight excluding hydrogens is 210 g/mol. The average molecular weight is 225 g/mol. The fraction of sp³-hybridized carbons (Fsp3) is 0.455. The molecule has 1 aromatic rings. The zero-order valence-electron chi connectivity index (χ0n) is 8.68. The fourth-order valence-corrected chi connectivity index (χ4v) is 3.41. The first-order valence-electron chi connectivity index (χ1n) is 5.11. The Labute approximate surface area is 90.4 Å². The van der Waals surface area contributed by atoms with E-state index in [1.807, 2.05) is 30.3 Å². The number of hydrogen-bond donors (Lipinski definition) is 1. The molecule has 0 spiro atoms. The molecule has 2 atom stereocenters. The molecule has 1 aliphatic rings. The first-order valence-corrected chi connectivity index (χ1v) is 6.83. The van der Waals surface area contributed by atoms with Gasteiger partial charge in [0.25, 0.3) is 0 Å². The molecule has 2 rings (SSSR count). The molecule has 1 saturated heterocycles. The van der Waals surface area contributed by atoms with E-state index in [1.165, 1.54) is 0 Å². The standard InChI is InChI=1S/C11H15NO2S/c1-9-11(10-5-3-2-4-6-10)12-7-8-15(9,13)14/h2-6,9,11-12H,7-8H2,1H3. The maximum atomic E-state index is 11.7. The molecule has 1 fully saturated rings. The van der Waals surface area contributed by atoms with Crippen molar-refractivity contribution in [3.63, 3.8) is 0 Å². The summed E-state index contributed by atoms with van der Waals surface area (Å²) < 4.78 is 23.5. The summed E-state index contributed by atoms with van der Waals surface area (Å²) >= 11 is 0. The Morgan fingerprint density at radius 1 is 1.27 bits per heavy atom. The Hall–Kier alpha value is -0.870. The van der Waals surface area contributed by atoms with Crippen LogP contribution in [-0.4, -0.2) is 26.0 Å². The lowest BCUT2D eigenvalue weighted by Crippen LogP contribution is -2.45. The van der Waals surface area contributed by atoms with Gasteiger partial charge in [-0.2, -0.15) is 0 Å². The van der Waals surface area contributed by atoms with E-state index in [0.717, 1.165) is 5.56 Å². The lowest BCUT2D eigenvalue weighted by atomic mass is 10.0. The minimum absolute atomic E-state index is 0.0649. The Balaban J connectivity index is 2.31. The van der Waals surface area contributed by atoms with E-state index in [1.54, 1.807) is 6.92 Å². The van der Waals surface area contributed by atoms with Crippen LogP contribution in [0, 0.1) is 0 Å². The summed E-state index contributed by atoms with van der Waals surface area (Å²) in [4.78, 5) is 0. The molecule has 1 N–H and O–H groups in total. The SMILES string of the molecule is CC1C(c2ccccc2)NCCS1(=O)=O. The Bertz CT molecular complexity index is 427. The highest BCUT2D eigenvalue weighted by Crippen LogP contribution is 2.25. The molecule has 0 saturated carbocycles. The number of sulfone groups is 1. The lowest BCUT2D eigenvalue weighted by Gasteiger charge is -2.30. The van der Waals surface area contributed by atoms with Gasteiger partial charge in [-0.1, -0.05) is 30.3 Å². The maximum absolute atomic E-state index is 11.7. The number of benzene rings is 1. The predicted molar refractivity (Wildman–Crippen MR) is 60.4 cm³/mol. The van der Waals surface area contributed by atoms with Crippen molar-refractivity contribution in [2.45, 2.75) is 18.2 Å². The molecule has 2 unspecified atom stereocenters. The lowest BCUT2D eigenvalue weighted by molar-refractivity contribution is 0.483. The monoisotopic (exact) mass is 225 g/mol. The van der Waals surface area contributed by atoms with Crippen LogP contribution >= 0.6 is 0 Å². The molecular formula is C11H15NO2S. The summed E-state index contributed by atoms with van der Waals surface area (Å²) in [5.41, 5.74) is 1.05. The van der Waals surface area contributed by atoms with Gasteiger partial charge in [-0.25, -0.2) is 8.42 Å². The van der Waals surface area contributed by atoms with Crippen LogP contribution in [0.25, 0.3) is 0 Å². The first kappa shape index (κ1) is 10.6. The number of nitrogens with one attached hydrogen (secondary N) is 1. The van der Waals surface area contributed by atoms with Crippen LogP contribution in [-0.2, 0) is 9.84 Å². The molecule has 0 aliphatic carbocycles. The van der Waals surface area contributed by atoms with Crippen LogP contribution in [0.2, 0.25) is 0 Å². The van der Waals surface area contributed by atoms with Crippen molar-refractivity contribution in [3.05, 3.63) is 35.9 Å². The second-order valence-electron chi connectivity index (χ2n) is 3.91. The molecule has 3 nitrogen and oxygen atoms in total. The van der Waals surface area contributed by atoms with Crippen molar-refractivity contribution in [3.8, 4) is 0 Å². The second-order valence-corrected chi connectivity index (χ2v) is 6.39. The van der Waals surface area contributed by atoms with Gasteiger partial charge < -0.3 is 5.32 Å². The highest BCUT2D eigenvalue weighted by atomic mass is 32.2. The van der Waals surface area contributed by atoms with Crippen LogP contribution in [0.3, 0.4) is 0 Å². The van der Waals surface area contributed by atoms with Gasteiger partial charge >= 0.3 is 0 Å². The molecule has 1 aromatic carbocycles. The molecule has 15 heavy (non-hydrogen) atoms. The molecule has 0 bridgehead atoms. The van der Waals surface area contributed by atoms with E-state index < -0.39 is 9.84 Å². The van der Waals surface area contributed by atoms with Crippen molar-refractivity contribution >= 4 is 9.84 Å². The average Bonchev–Trinajstić information content (AvgIpc) is 2.23. The fourth-order valence-electron chi connectivity index (χ4n) is 1.97. The van der Waals surface area contributed by atoms with Gasteiger partial charge in [-0.15, -0.1) is 0 Å². The molecule has 0 radical (unpaired) electrons. The maximum Gasteiger partial charge on any atom is 0.156 e. The number of rotatable bonds is 1. The van der Waals surface area contributed by atoms with Gasteiger partial charge in [0.1, 0.15) is 0 Å². The van der Waals surface area contributed by atoms with Crippen LogP contribution in [0.5, 0.6) is 0 Å². The Morgan fingerprint density at radius 3 is 2.60 bits per heavy atom. The minimum atomic E-state index is -2.92. The third-order valence-electron chi connectivity index (χ3n) is 2.95. The van der Waals surface area contributed by atoms with Crippen molar-refractivity contribution in [2.24, 2.45) is 0 Å². The quantitative estimate of drug-likeness (QED) is 0.779. The summed E-state index contributed by atoms with van der Waals surface area (Å²) in [6, 6.07) is 9.68. The molecule has 4 heteroatoms. The summed E-state index contributed by atoms with van der Waals surface area (Å²) in [6.45, 7) is 2.32. The molecule has 0 aromatic heterocycles. The van der Waals surface area contributed by atoms with Crippen molar-refractivity contribution in [1.82, 2.24) is 5.32 Å². The van der Waals surface area contributed by atoms with Crippen LogP contribution < -0.4 is 5.32 Å². The van der Waals surface area contributed by atoms with E-state index in [0.29, 0.717) is 6.54 Å². The summed E-state index contributed by atoms with van der Waals surface area (Å²) in [5.74, 6) is 0.248. The Kier molecular flexibility index (Phi) is 2.80. The smallest absolute Gasteiger partial charge is 0.156 e. The Morgan fingerprint density at radius 2 is 1.93 bits per heavy atom. The highest BCUT2D eigenvalue weighted by molar-refractivity contribution is 7.92. The van der Waals surface area contributed by atoms with Gasteiger partial charge in [0.2, 0.25) is 0 Å². The normalized spacial score (nSPS) is 29.9. The van der Waals surface area contributed by atoms with Gasteiger partial charge in [-0.05, 0) is 12.5 Å². The van der Waals surface area contributed by atoms with Gasteiger partial charge in [0.05, 0.1) is 11.0 Å². The molecule has 1 aliphatic heterocycles. The topological polar surface area (TPSA) is 46.2 Å². The second kappa shape index (κ2) is 3.94. The summed E-state index contributed by atoms with van der Waals surface area (Å²) in [6.07, 6.45) is 0. The van der Waals surface area contributed by atoms with Gasteiger partial charge in [-0.3, -0.25) is 0 Å². The van der Waals surface area contributed by atoms with Crippen molar-refractivity contribution in [2.75, 3.05) is 12.3 Å². The van der Waals surface area contributed by atoms with Gasteiger partial charge in [0, 0.05) is 12.6 Å². The zero-order chi connectivity index (χ0) is 10.9. The van der Waals surface area contributed by atoms with E-state index in [4.69, 9.17) is 0 Å². The largest absolute Gasteiger partial charge is 0.308 e. The third kappa shape index (κ3) is 2.06. The first-order chi connectivity index (χ1) is 7.11. The van der Waals surface area contributed by atoms with Crippen molar-refractivity contribution in [1.29, 1.82) is 0 Å². The summed E-state index contributed by atoms with van der Waals surface area (Å²) in [5, 5.41) is 2.92. The summed E-state index contributed by atoms with van der Waals surface area (Å²) in [7, 11) is -2.92. The van der Waals surface area contributed by atoms with E-state index in [-0.39, 0.29) is 17.0 Å². The van der Waals surface area contributed by atoms with Crippen molar-refractivity contribution < 1.29 is 8.42 Å². The van der Waals surface area contributed by atoms with E-state index >= 15 is 0 Å².